The van der Waals surface area contributed by atoms with Gasteiger partial charge in [-0.3, -0.25) is 0 Å². The summed E-state index contributed by atoms with van der Waals surface area (Å²) >= 11 is 6.17. The molecule has 0 aliphatic rings. The lowest BCUT2D eigenvalue weighted by atomic mass is 10.1. The number of nitrogens with zero attached hydrogens (tertiary/aromatic N) is 3. The van der Waals surface area contributed by atoms with Gasteiger partial charge in [0, 0.05) is 13.0 Å². The van der Waals surface area contributed by atoms with Gasteiger partial charge in [-0.05, 0) is 39.0 Å². The van der Waals surface area contributed by atoms with Crippen LogP contribution in [0.5, 0.6) is 0 Å². The lowest BCUT2D eigenvalue weighted by Crippen LogP contribution is -2.24. The molecule has 2 aromatic rings. The molecule has 0 atom stereocenters. The van der Waals surface area contributed by atoms with Crippen molar-refractivity contribution in [3.05, 3.63) is 40.7 Å². The first-order chi connectivity index (χ1) is 10.3. The number of halogens is 1. The minimum absolute atomic E-state index is 0.0109. The minimum atomic E-state index is -0.579. The van der Waals surface area contributed by atoms with Crippen molar-refractivity contribution in [1.82, 2.24) is 15.0 Å². The predicted octanol–water partition coefficient (Wildman–Crippen LogP) is 2.41. The van der Waals surface area contributed by atoms with Crippen molar-refractivity contribution in [3.8, 4) is 5.69 Å². The van der Waals surface area contributed by atoms with E-state index in [0.717, 1.165) is 0 Å². The van der Waals surface area contributed by atoms with Crippen LogP contribution in [0.1, 0.15) is 36.8 Å². The monoisotopic (exact) mass is 323 g/mol. The highest BCUT2D eigenvalue weighted by molar-refractivity contribution is 6.33. The van der Waals surface area contributed by atoms with E-state index in [1.807, 2.05) is 0 Å². The number of hydrogen-bond acceptors (Lipinski definition) is 5. The van der Waals surface area contributed by atoms with Crippen LogP contribution in [0.25, 0.3) is 5.69 Å². The molecule has 0 bridgehead atoms. The fourth-order valence-corrected chi connectivity index (χ4v) is 2.05. The molecular formula is C15H18ClN3O3. The summed E-state index contributed by atoms with van der Waals surface area (Å²) in [6, 6.07) is 4.93. The third kappa shape index (κ3) is 4.05. The van der Waals surface area contributed by atoms with Gasteiger partial charge in [0.15, 0.2) is 0 Å². The van der Waals surface area contributed by atoms with Crippen LogP contribution in [0.4, 0.5) is 0 Å². The van der Waals surface area contributed by atoms with Gasteiger partial charge in [0.25, 0.3) is 0 Å². The number of esters is 1. The van der Waals surface area contributed by atoms with Crippen LogP contribution in [0.3, 0.4) is 0 Å². The second-order valence-electron chi connectivity index (χ2n) is 5.79. The Labute approximate surface area is 133 Å². The highest BCUT2D eigenvalue weighted by Crippen LogP contribution is 2.22. The van der Waals surface area contributed by atoms with Crippen LogP contribution >= 0.6 is 11.6 Å². The van der Waals surface area contributed by atoms with Crippen molar-refractivity contribution >= 4 is 17.6 Å². The van der Waals surface area contributed by atoms with E-state index >= 15 is 0 Å². The highest BCUT2D eigenvalue weighted by atomic mass is 35.5. The highest BCUT2D eigenvalue weighted by Gasteiger charge is 2.20. The van der Waals surface area contributed by atoms with Crippen LogP contribution in [0, 0.1) is 0 Å². The number of aliphatic hydroxyl groups is 1. The van der Waals surface area contributed by atoms with Crippen molar-refractivity contribution in [2.75, 3.05) is 6.61 Å². The van der Waals surface area contributed by atoms with E-state index in [4.69, 9.17) is 21.4 Å². The lowest BCUT2D eigenvalue weighted by molar-refractivity contribution is 0.00698. The maximum atomic E-state index is 12.0. The summed E-state index contributed by atoms with van der Waals surface area (Å²) in [4.78, 5) is 12.0. The van der Waals surface area contributed by atoms with Crippen LogP contribution in [-0.2, 0) is 11.2 Å². The van der Waals surface area contributed by atoms with Gasteiger partial charge in [0.1, 0.15) is 5.60 Å². The fourth-order valence-electron chi connectivity index (χ4n) is 1.80. The van der Waals surface area contributed by atoms with Gasteiger partial charge in [-0.1, -0.05) is 16.8 Å². The standard InChI is InChI=1S/C15H18ClN3O3/c1-15(2,3)22-14(21)12-5-4-11(8-13(12)16)19-9-10(6-7-20)17-18-19/h4-5,8-9,20H,6-7H2,1-3H3. The number of carbonyl (C=O) groups excluding carboxylic acids is 1. The molecule has 0 amide bonds. The molecule has 0 fully saturated rings. The molecule has 118 valence electrons. The van der Waals surface area contributed by atoms with E-state index in [1.165, 1.54) is 4.68 Å². The van der Waals surface area contributed by atoms with Gasteiger partial charge in [-0.25, -0.2) is 9.48 Å². The lowest BCUT2D eigenvalue weighted by Gasteiger charge is -2.20. The number of aliphatic hydroxyl groups excluding tert-OH is 1. The third-order valence-electron chi connectivity index (χ3n) is 2.74. The summed E-state index contributed by atoms with van der Waals surface area (Å²) in [6.45, 7) is 5.40. The molecule has 0 saturated heterocycles. The van der Waals surface area contributed by atoms with Crippen LogP contribution in [-0.4, -0.2) is 38.3 Å². The normalized spacial score (nSPS) is 11.5. The topological polar surface area (TPSA) is 77.2 Å². The summed E-state index contributed by atoms with van der Waals surface area (Å²) in [5.74, 6) is -0.469. The maximum absolute atomic E-state index is 12.0. The maximum Gasteiger partial charge on any atom is 0.340 e. The predicted molar refractivity (Wildman–Crippen MR) is 82.3 cm³/mol. The van der Waals surface area contributed by atoms with Crippen LogP contribution < -0.4 is 0 Å². The Balaban J connectivity index is 2.23. The van der Waals surface area contributed by atoms with Crippen LogP contribution in [0.15, 0.2) is 24.4 Å². The van der Waals surface area contributed by atoms with Crippen molar-refractivity contribution in [1.29, 1.82) is 0 Å². The third-order valence-corrected chi connectivity index (χ3v) is 3.06. The number of benzene rings is 1. The second kappa shape index (κ2) is 6.46. The fraction of sp³-hybridized carbons (Fsp3) is 0.400. The second-order valence-corrected chi connectivity index (χ2v) is 6.20. The van der Waals surface area contributed by atoms with Gasteiger partial charge < -0.3 is 9.84 Å². The molecule has 0 unspecified atom stereocenters. The number of rotatable bonds is 4. The number of carbonyl (C=O) groups is 1. The first kappa shape index (κ1) is 16.5. The molecule has 1 N–H and O–H groups in total. The molecule has 6 nitrogen and oxygen atoms in total. The Kier molecular flexibility index (Phi) is 4.83. The van der Waals surface area contributed by atoms with Gasteiger partial charge in [0.05, 0.1) is 28.2 Å². The molecule has 0 aliphatic heterocycles. The van der Waals surface area contributed by atoms with E-state index in [2.05, 4.69) is 10.3 Å². The summed E-state index contributed by atoms with van der Waals surface area (Å²) in [7, 11) is 0. The zero-order chi connectivity index (χ0) is 16.3. The zero-order valence-corrected chi connectivity index (χ0v) is 13.5. The number of aromatic nitrogens is 3. The van der Waals surface area contributed by atoms with Crippen molar-refractivity contribution < 1.29 is 14.6 Å². The molecule has 1 aromatic carbocycles. The molecule has 0 radical (unpaired) electrons. The Morgan fingerprint density at radius 1 is 1.41 bits per heavy atom. The minimum Gasteiger partial charge on any atom is -0.456 e. The van der Waals surface area contributed by atoms with Crippen molar-refractivity contribution in [3.63, 3.8) is 0 Å². The zero-order valence-electron chi connectivity index (χ0n) is 12.7. The summed E-state index contributed by atoms with van der Waals surface area (Å²) in [6.07, 6.45) is 2.14. The molecule has 0 saturated carbocycles. The Morgan fingerprint density at radius 3 is 2.73 bits per heavy atom. The Hall–Kier alpha value is -1.92. The van der Waals surface area contributed by atoms with E-state index < -0.39 is 11.6 Å². The first-order valence-electron chi connectivity index (χ1n) is 6.85. The van der Waals surface area contributed by atoms with E-state index in [0.29, 0.717) is 23.4 Å². The smallest absolute Gasteiger partial charge is 0.340 e. The summed E-state index contributed by atoms with van der Waals surface area (Å²) < 4.78 is 6.84. The van der Waals surface area contributed by atoms with Gasteiger partial charge in [-0.2, -0.15) is 0 Å². The number of hydrogen-bond donors (Lipinski definition) is 1. The molecule has 7 heteroatoms. The summed E-state index contributed by atoms with van der Waals surface area (Å²) in [5.41, 5.74) is 1.07. The molecule has 22 heavy (non-hydrogen) atoms. The average molecular weight is 324 g/mol. The number of ether oxygens (including phenoxy) is 1. The first-order valence-corrected chi connectivity index (χ1v) is 7.23. The molecular weight excluding hydrogens is 306 g/mol. The SMILES string of the molecule is CC(C)(C)OC(=O)c1ccc(-n2cc(CCO)nn2)cc1Cl. The van der Waals surface area contributed by atoms with E-state index in [1.54, 1.807) is 45.2 Å². The Morgan fingerprint density at radius 2 is 2.14 bits per heavy atom. The largest absolute Gasteiger partial charge is 0.456 e. The molecule has 1 heterocycles. The van der Waals surface area contributed by atoms with Gasteiger partial charge in [0.2, 0.25) is 0 Å². The summed E-state index contributed by atoms with van der Waals surface area (Å²) in [5, 5.41) is 17.1. The molecule has 2 rings (SSSR count). The average Bonchev–Trinajstić information content (AvgIpc) is 2.85. The molecule has 1 aromatic heterocycles. The molecule has 0 aliphatic carbocycles. The van der Waals surface area contributed by atoms with E-state index in [-0.39, 0.29) is 11.6 Å². The molecule has 0 spiro atoms. The quantitative estimate of drug-likeness (QED) is 0.874. The van der Waals surface area contributed by atoms with E-state index in [9.17, 15) is 4.79 Å². The van der Waals surface area contributed by atoms with Crippen molar-refractivity contribution in [2.24, 2.45) is 0 Å². The van der Waals surface area contributed by atoms with Gasteiger partial charge in [-0.15, -0.1) is 5.10 Å². The van der Waals surface area contributed by atoms with Crippen LogP contribution in [0.2, 0.25) is 5.02 Å². The Bertz CT molecular complexity index is 677. The van der Waals surface area contributed by atoms with Crippen molar-refractivity contribution in [2.45, 2.75) is 32.8 Å². The van der Waals surface area contributed by atoms with Gasteiger partial charge >= 0.3 is 5.97 Å².